The lowest BCUT2D eigenvalue weighted by molar-refractivity contribution is 0.181. The zero-order chi connectivity index (χ0) is 15.1. The molecule has 1 N–H and O–H groups in total. The van der Waals surface area contributed by atoms with E-state index in [-0.39, 0.29) is 5.56 Å². The molecule has 118 valence electrons. The Balaban J connectivity index is 1.88. The molecule has 0 aromatic carbocycles. The van der Waals surface area contributed by atoms with Gasteiger partial charge in [0.25, 0.3) is 5.56 Å². The lowest BCUT2D eigenvalue weighted by Crippen LogP contribution is -2.34. The van der Waals surface area contributed by atoms with Gasteiger partial charge < -0.3 is 15.0 Å². The van der Waals surface area contributed by atoms with Gasteiger partial charge in [-0.15, -0.1) is 0 Å². The Kier molecular flexibility index (Phi) is 6.66. The first-order valence-electron chi connectivity index (χ1n) is 7.43. The second-order valence-electron chi connectivity index (χ2n) is 5.22. The topological polar surface area (TPSA) is 59.4 Å². The Bertz CT molecular complexity index is 500. The summed E-state index contributed by atoms with van der Waals surface area (Å²) in [5.74, 6) is 0. The minimum atomic E-state index is -0.130. The van der Waals surface area contributed by atoms with Crippen molar-refractivity contribution in [2.45, 2.75) is 25.8 Å². The molecule has 21 heavy (non-hydrogen) atoms. The van der Waals surface area contributed by atoms with Gasteiger partial charge in [-0.1, -0.05) is 6.42 Å². The molecular weight excluding hydrogens is 336 g/mol. The maximum atomic E-state index is 12.1. The fraction of sp³-hybridized carbons (Fsp3) is 0.714. The zero-order valence-corrected chi connectivity index (χ0v) is 14.1. The first-order chi connectivity index (χ1) is 10.2. The van der Waals surface area contributed by atoms with Crippen molar-refractivity contribution in [2.75, 3.05) is 45.2 Å². The molecule has 1 aromatic rings. The summed E-state index contributed by atoms with van der Waals surface area (Å²) in [7, 11) is 1.61. The minimum absolute atomic E-state index is 0.130. The highest BCUT2D eigenvalue weighted by molar-refractivity contribution is 9.10. The van der Waals surface area contributed by atoms with Crippen molar-refractivity contribution in [3.8, 4) is 0 Å². The normalized spacial score (nSPS) is 16.1. The Morgan fingerprint density at radius 1 is 1.33 bits per heavy atom. The SMILES string of the molecule is COCCn1ncc(NCCN2CCCCC2)c(Br)c1=O. The zero-order valence-electron chi connectivity index (χ0n) is 12.5. The summed E-state index contributed by atoms with van der Waals surface area (Å²) in [4.78, 5) is 14.6. The highest BCUT2D eigenvalue weighted by atomic mass is 79.9. The molecule has 6 nitrogen and oxygen atoms in total. The number of piperidine rings is 1. The minimum Gasteiger partial charge on any atom is -0.383 e. The van der Waals surface area contributed by atoms with Crippen molar-refractivity contribution in [1.29, 1.82) is 0 Å². The molecule has 1 saturated heterocycles. The molecule has 0 spiro atoms. The van der Waals surface area contributed by atoms with Gasteiger partial charge in [0, 0.05) is 20.2 Å². The molecule has 1 fully saturated rings. The van der Waals surface area contributed by atoms with E-state index < -0.39 is 0 Å². The average Bonchev–Trinajstić information content (AvgIpc) is 2.52. The van der Waals surface area contributed by atoms with Crippen LogP contribution in [0.15, 0.2) is 15.5 Å². The Morgan fingerprint density at radius 3 is 2.81 bits per heavy atom. The van der Waals surface area contributed by atoms with E-state index in [2.05, 4.69) is 31.2 Å². The number of aromatic nitrogens is 2. The summed E-state index contributed by atoms with van der Waals surface area (Å²) < 4.78 is 6.91. The van der Waals surface area contributed by atoms with E-state index in [9.17, 15) is 4.79 Å². The molecule has 7 heteroatoms. The summed E-state index contributed by atoms with van der Waals surface area (Å²) >= 11 is 3.36. The first-order valence-corrected chi connectivity index (χ1v) is 8.22. The average molecular weight is 359 g/mol. The number of methoxy groups -OCH3 is 1. The number of nitrogens with one attached hydrogen (secondary N) is 1. The lowest BCUT2D eigenvalue weighted by atomic mass is 10.1. The van der Waals surface area contributed by atoms with Crippen LogP contribution in [0.25, 0.3) is 0 Å². The summed E-state index contributed by atoms with van der Waals surface area (Å²) in [6.45, 7) is 5.11. The predicted molar refractivity (Wildman–Crippen MR) is 86.9 cm³/mol. The highest BCUT2D eigenvalue weighted by Gasteiger charge is 2.11. The van der Waals surface area contributed by atoms with Crippen LogP contribution in [0.1, 0.15) is 19.3 Å². The van der Waals surface area contributed by atoms with Gasteiger partial charge >= 0.3 is 0 Å². The highest BCUT2D eigenvalue weighted by Crippen LogP contribution is 2.16. The third-order valence-electron chi connectivity index (χ3n) is 3.68. The van der Waals surface area contributed by atoms with Crippen LogP contribution < -0.4 is 10.9 Å². The number of hydrogen-bond donors (Lipinski definition) is 1. The van der Waals surface area contributed by atoms with Gasteiger partial charge in [-0.3, -0.25) is 4.79 Å². The monoisotopic (exact) mass is 358 g/mol. The van der Waals surface area contributed by atoms with Crippen LogP contribution >= 0.6 is 15.9 Å². The van der Waals surface area contributed by atoms with E-state index >= 15 is 0 Å². The van der Waals surface area contributed by atoms with E-state index in [1.165, 1.54) is 37.0 Å². The molecule has 0 radical (unpaired) electrons. The number of ether oxygens (including phenoxy) is 1. The maximum Gasteiger partial charge on any atom is 0.283 e. The van der Waals surface area contributed by atoms with Crippen LogP contribution in [-0.4, -0.2) is 54.6 Å². The molecule has 0 atom stereocenters. The number of rotatable bonds is 7. The second-order valence-corrected chi connectivity index (χ2v) is 6.02. The van der Waals surface area contributed by atoms with Crippen molar-refractivity contribution in [3.05, 3.63) is 21.0 Å². The fourth-order valence-electron chi connectivity index (χ4n) is 2.46. The van der Waals surface area contributed by atoms with Gasteiger partial charge in [0.05, 0.1) is 25.0 Å². The van der Waals surface area contributed by atoms with Crippen LogP contribution in [0, 0.1) is 0 Å². The smallest absolute Gasteiger partial charge is 0.283 e. The Labute approximate surface area is 133 Å². The maximum absolute atomic E-state index is 12.1. The third-order valence-corrected chi connectivity index (χ3v) is 4.45. The summed E-state index contributed by atoms with van der Waals surface area (Å²) in [6.07, 6.45) is 5.62. The molecule has 1 aliphatic rings. The van der Waals surface area contributed by atoms with Gasteiger partial charge in [0.2, 0.25) is 0 Å². The van der Waals surface area contributed by atoms with E-state index in [4.69, 9.17) is 4.74 Å². The van der Waals surface area contributed by atoms with E-state index in [1.54, 1.807) is 13.3 Å². The van der Waals surface area contributed by atoms with Crippen molar-refractivity contribution < 1.29 is 4.74 Å². The summed E-state index contributed by atoms with van der Waals surface area (Å²) in [5.41, 5.74) is 0.626. The van der Waals surface area contributed by atoms with Crippen LogP contribution in [0.4, 0.5) is 5.69 Å². The number of likely N-dealkylation sites (tertiary alicyclic amines) is 1. The standard InChI is InChI=1S/C14H23BrN4O2/c1-21-10-9-19-14(20)13(15)12(11-17-19)16-5-8-18-6-3-2-4-7-18/h11,16H,2-10H2,1H3. The number of anilines is 1. The van der Waals surface area contributed by atoms with Crippen molar-refractivity contribution in [3.63, 3.8) is 0 Å². The summed E-state index contributed by atoms with van der Waals surface area (Å²) in [5, 5.41) is 7.45. The molecule has 0 aliphatic carbocycles. The van der Waals surface area contributed by atoms with Gasteiger partial charge in [-0.2, -0.15) is 5.10 Å². The predicted octanol–water partition coefficient (Wildman–Crippen LogP) is 1.55. The number of hydrogen-bond acceptors (Lipinski definition) is 5. The van der Waals surface area contributed by atoms with Gasteiger partial charge in [-0.05, 0) is 41.9 Å². The lowest BCUT2D eigenvalue weighted by Gasteiger charge is -2.26. The van der Waals surface area contributed by atoms with Crippen LogP contribution in [-0.2, 0) is 11.3 Å². The van der Waals surface area contributed by atoms with Crippen LogP contribution in [0.5, 0.6) is 0 Å². The molecule has 1 aliphatic heterocycles. The van der Waals surface area contributed by atoms with Crippen LogP contribution in [0.2, 0.25) is 0 Å². The number of nitrogens with zero attached hydrogens (tertiary/aromatic N) is 3. The molecule has 0 unspecified atom stereocenters. The second kappa shape index (κ2) is 8.51. The molecule has 0 amide bonds. The van der Waals surface area contributed by atoms with E-state index in [1.807, 2.05) is 0 Å². The van der Waals surface area contributed by atoms with Gasteiger partial charge in [0.1, 0.15) is 4.47 Å². The van der Waals surface area contributed by atoms with Crippen molar-refractivity contribution in [2.24, 2.45) is 0 Å². The van der Waals surface area contributed by atoms with Crippen molar-refractivity contribution in [1.82, 2.24) is 14.7 Å². The van der Waals surface area contributed by atoms with E-state index in [0.29, 0.717) is 17.6 Å². The van der Waals surface area contributed by atoms with Gasteiger partial charge in [-0.25, -0.2) is 4.68 Å². The molecule has 2 heterocycles. The Hall–Kier alpha value is -0.920. The van der Waals surface area contributed by atoms with Gasteiger partial charge in [0.15, 0.2) is 0 Å². The largest absolute Gasteiger partial charge is 0.383 e. The quantitative estimate of drug-likeness (QED) is 0.801. The molecular formula is C14H23BrN4O2. The van der Waals surface area contributed by atoms with E-state index in [0.717, 1.165) is 18.8 Å². The fourth-order valence-corrected chi connectivity index (χ4v) is 2.90. The number of halogens is 1. The molecule has 2 rings (SSSR count). The first kappa shape index (κ1) is 16.5. The Morgan fingerprint density at radius 2 is 2.10 bits per heavy atom. The molecule has 0 saturated carbocycles. The van der Waals surface area contributed by atoms with Crippen LogP contribution in [0.3, 0.4) is 0 Å². The summed E-state index contributed by atoms with van der Waals surface area (Å²) in [6, 6.07) is 0. The third kappa shape index (κ3) is 4.79. The van der Waals surface area contributed by atoms with Crippen molar-refractivity contribution >= 4 is 21.6 Å². The molecule has 0 bridgehead atoms. The molecule has 1 aromatic heterocycles.